The molecule has 6 atom stereocenters. The second kappa shape index (κ2) is 25.2. The zero-order valence-electron chi connectivity index (χ0n) is 32.5. The number of H-pyrrole nitrogens is 2. The minimum Gasteiger partial charge on any atom is -0.480 e. The van der Waals surface area contributed by atoms with E-state index in [1.165, 1.54) is 0 Å². The number of nitrogens with two attached hydrogens (primary N) is 4. The lowest BCUT2D eigenvalue weighted by atomic mass is 10.1. The number of nitrogens with zero attached hydrogens (tertiary/aromatic N) is 2. The maximum absolute atomic E-state index is 14.0. The molecule has 0 aliphatic carbocycles. The predicted octanol–water partition coefficient (Wildman–Crippen LogP) is -4.63. The zero-order chi connectivity index (χ0) is 46.7. The molecule has 2 aromatic heterocycles. The Morgan fingerprint density at radius 2 is 0.984 bits per heavy atom. The summed E-state index contributed by atoms with van der Waals surface area (Å²) >= 11 is 1.69. The first kappa shape index (κ1) is 51.6. The van der Waals surface area contributed by atoms with Crippen molar-refractivity contribution < 1.29 is 63.6 Å². The number of carbonyl (C=O) groups excluding carboxylic acids is 5. The van der Waals surface area contributed by atoms with Crippen molar-refractivity contribution in [3.05, 3.63) is 44.5 Å². The van der Waals surface area contributed by atoms with E-state index >= 15 is 0 Å². The molecule has 0 saturated heterocycles. The molecular weight excluding hydrogens is 869 g/mol. The van der Waals surface area contributed by atoms with Gasteiger partial charge in [0.25, 0.3) is 11.1 Å². The summed E-state index contributed by atoms with van der Waals surface area (Å²) in [7, 11) is 0. The van der Waals surface area contributed by atoms with Gasteiger partial charge >= 0.3 is 23.9 Å². The molecule has 0 aromatic carbocycles. The van der Waals surface area contributed by atoms with Crippen molar-refractivity contribution in [1.29, 1.82) is 0 Å². The number of carboxylic acid groups (broad SMARTS) is 4. The zero-order valence-corrected chi connectivity index (χ0v) is 34.1. The number of thioether (sulfide) groups is 2. The Labute approximate surface area is 357 Å². The van der Waals surface area contributed by atoms with Gasteiger partial charge in [0.05, 0.1) is 21.9 Å². The molecule has 0 spiro atoms. The minimum atomic E-state index is -1.47. The summed E-state index contributed by atoms with van der Waals surface area (Å²) < 4.78 is 0. The number of Topliss-reactive ketones (excluding diaryl/α,β-unsaturated/α-hetero) is 1. The van der Waals surface area contributed by atoms with Crippen LogP contribution in [-0.2, 0) is 43.2 Å². The lowest BCUT2D eigenvalue weighted by molar-refractivity contribution is -0.140. The Morgan fingerprint density at radius 3 is 1.29 bits per heavy atom. The Kier molecular flexibility index (Phi) is 21.0. The number of rotatable bonds is 28. The van der Waals surface area contributed by atoms with Crippen LogP contribution in [0.2, 0.25) is 0 Å². The number of hydrogen-bond acceptors (Lipinski definition) is 19. The van der Waals surface area contributed by atoms with E-state index < -0.39 is 149 Å². The maximum atomic E-state index is 14.0. The number of nitrogen functional groups attached to an aromatic ring is 2. The molecule has 18 N–H and O–H groups in total. The standard InChI is InChI=1S/C33H46N12O15S2/c34-14(32(57)58)1-3-22(47)42-18(28(53)40-9-24(49)50)11-61-20(16-7-38-30(55)26(36)44-16)5-13(46)6-21(17-8-39-31(56)27(37)45-17)62-12-19(29(54)41-10-25(51)52)43-23(48)4-2-15(35)33(59)60/h7-8,14-15,18-21H,1-6,9-12,34-35H2,(H2,36,44)(H2,37,45)(H,38,55)(H,39,56)(H,40,53)(H,41,54)(H,42,47)(H,43,48)(H,49,50)(H,51,52)(H,57,58)(H,59,60). The Balaban J connectivity index is 2.44. The minimum absolute atomic E-state index is 0.0139. The largest absolute Gasteiger partial charge is 0.480 e. The van der Waals surface area contributed by atoms with Gasteiger partial charge < -0.3 is 74.6 Å². The van der Waals surface area contributed by atoms with E-state index in [0.717, 1.165) is 35.9 Å². The highest BCUT2D eigenvalue weighted by atomic mass is 32.2. The summed E-state index contributed by atoms with van der Waals surface area (Å²) in [5.74, 6) is -11.5. The third kappa shape index (κ3) is 18.4. The van der Waals surface area contributed by atoms with Gasteiger partial charge in [0, 0.05) is 49.6 Å². The second-order valence-electron chi connectivity index (χ2n) is 13.1. The van der Waals surface area contributed by atoms with Crippen LogP contribution in [0.3, 0.4) is 0 Å². The summed E-state index contributed by atoms with van der Waals surface area (Å²) in [6.45, 7) is -1.68. The molecule has 0 bridgehead atoms. The van der Waals surface area contributed by atoms with Crippen LogP contribution in [-0.4, -0.2) is 142 Å². The van der Waals surface area contributed by atoms with Gasteiger partial charge in [-0.25, -0.2) is 9.97 Å². The van der Waals surface area contributed by atoms with Crippen molar-refractivity contribution in [2.24, 2.45) is 11.5 Å². The van der Waals surface area contributed by atoms with Crippen molar-refractivity contribution in [3.63, 3.8) is 0 Å². The summed E-state index contributed by atoms with van der Waals surface area (Å²) in [5, 5.41) is 43.1. The fourth-order valence-electron chi connectivity index (χ4n) is 4.91. The topological polar surface area (TPSA) is 478 Å². The molecule has 0 fully saturated rings. The number of carbonyl (C=O) groups is 9. The molecule has 62 heavy (non-hydrogen) atoms. The lowest BCUT2D eigenvalue weighted by Crippen LogP contribution is -2.49. The number of aliphatic carboxylic acids is 4. The van der Waals surface area contributed by atoms with Crippen molar-refractivity contribution >= 4 is 88.4 Å². The number of carboxylic acids is 4. The first-order chi connectivity index (χ1) is 29.1. The third-order valence-electron chi connectivity index (χ3n) is 8.21. The van der Waals surface area contributed by atoms with E-state index in [9.17, 15) is 52.7 Å². The van der Waals surface area contributed by atoms with Crippen LogP contribution in [0.4, 0.5) is 11.6 Å². The van der Waals surface area contributed by atoms with E-state index in [1.807, 2.05) is 0 Å². The van der Waals surface area contributed by atoms with Crippen LogP contribution in [0.25, 0.3) is 0 Å². The van der Waals surface area contributed by atoms with E-state index in [2.05, 4.69) is 41.2 Å². The van der Waals surface area contributed by atoms with E-state index in [-0.39, 0.29) is 35.7 Å². The monoisotopic (exact) mass is 914 g/mol. The summed E-state index contributed by atoms with van der Waals surface area (Å²) in [6.07, 6.45) is -0.130. The molecule has 2 rings (SSSR count). The average Bonchev–Trinajstić information content (AvgIpc) is 3.20. The Hall–Kier alpha value is -6.59. The van der Waals surface area contributed by atoms with Crippen molar-refractivity contribution in [2.45, 2.75) is 73.2 Å². The van der Waals surface area contributed by atoms with Gasteiger partial charge in [0.1, 0.15) is 43.0 Å². The van der Waals surface area contributed by atoms with Crippen LogP contribution in [0.5, 0.6) is 0 Å². The number of aromatic amines is 2. The van der Waals surface area contributed by atoms with Crippen molar-refractivity contribution in [3.8, 4) is 0 Å². The number of hydrogen-bond donors (Lipinski definition) is 14. The number of ketones is 1. The number of nitrogens with one attached hydrogen (secondary N) is 6. The molecule has 0 radical (unpaired) electrons. The molecule has 29 heteroatoms. The van der Waals surface area contributed by atoms with Gasteiger partial charge in [0.2, 0.25) is 23.6 Å². The highest BCUT2D eigenvalue weighted by Gasteiger charge is 2.30. The van der Waals surface area contributed by atoms with Gasteiger partial charge in [-0.3, -0.25) is 52.7 Å². The molecule has 0 aliphatic heterocycles. The fourth-order valence-corrected chi connectivity index (χ4v) is 7.42. The first-order valence-corrected chi connectivity index (χ1v) is 20.2. The molecule has 2 aromatic rings. The van der Waals surface area contributed by atoms with Gasteiger partial charge in [-0.1, -0.05) is 0 Å². The average molecular weight is 915 g/mol. The number of amides is 4. The maximum Gasteiger partial charge on any atom is 0.322 e. The Morgan fingerprint density at radius 1 is 0.629 bits per heavy atom. The van der Waals surface area contributed by atoms with Crippen LogP contribution in [0.15, 0.2) is 22.0 Å². The van der Waals surface area contributed by atoms with Gasteiger partial charge in [-0.15, -0.1) is 23.5 Å². The SMILES string of the molecule is Nc1nc(C(CC(=O)CC(SCC(NC(=O)CCC(N)C(=O)O)C(=O)NCC(=O)O)c2c[nH]c(=O)c(N)n2)SCC(NC(=O)CCC(N)C(=O)O)C(=O)NCC(=O)O)c[nH]c1=O. The smallest absolute Gasteiger partial charge is 0.322 e. The van der Waals surface area contributed by atoms with Crippen molar-refractivity contribution in [1.82, 2.24) is 41.2 Å². The van der Waals surface area contributed by atoms with E-state index in [1.54, 1.807) is 0 Å². The summed E-state index contributed by atoms with van der Waals surface area (Å²) in [5.41, 5.74) is 20.9. The Bertz CT molecular complexity index is 1960. The van der Waals surface area contributed by atoms with Gasteiger partial charge in [0.15, 0.2) is 11.6 Å². The third-order valence-corrected chi connectivity index (χ3v) is 10.9. The predicted molar refractivity (Wildman–Crippen MR) is 218 cm³/mol. The summed E-state index contributed by atoms with van der Waals surface area (Å²) in [6, 6.07) is -5.75. The normalized spacial score (nSPS) is 13.8. The highest BCUT2D eigenvalue weighted by Crippen LogP contribution is 2.36. The molecule has 340 valence electrons. The quantitative estimate of drug-likeness (QED) is 0.0382. The first-order valence-electron chi connectivity index (χ1n) is 18.1. The molecular formula is C33H46N12O15S2. The lowest BCUT2D eigenvalue weighted by Gasteiger charge is -2.23. The molecule has 4 amide bonds. The van der Waals surface area contributed by atoms with E-state index in [4.69, 9.17) is 43.4 Å². The van der Waals surface area contributed by atoms with Crippen molar-refractivity contribution in [2.75, 3.05) is 36.1 Å². The highest BCUT2D eigenvalue weighted by molar-refractivity contribution is 7.99. The molecule has 0 saturated carbocycles. The molecule has 2 heterocycles. The van der Waals surface area contributed by atoms with Crippen LogP contribution in [0.1, 0.15) is 60.4 Å². The fraction of sp³-hybridized carbons (Fsp3) is 0.485. The molecule has 6 unspecified atom stereocenters. The summed E-state index contributed by atoms with van der Waals surface area (Å²) in [4.78, 5) is 147. The van der Waals surface area contributed by atoms with Crippen LogP contribution < -0.4 is 55.3 Å². The van der Waals surface area contributed by atoms with Crippen LogP contribution >= 0.6 is 23.5 Å². The van der Waals surface area contributed by atoms with Crippen LogP contribution in [0, 0.1) is 0 Å². The van der Waals surface area contributed by atoms with E-state index in [0.29, 0.717) is 0 Å². The van der Waals surface area contributed by atoms with Gasteiger partial charge in [-0.05, 0) is 12.8 Å². The van der Waals surface area contributed by atoms with Gasteiger partial charge in [-0.2, -0.15) is 0 Å². The number of anilines is 2. The molecule has 0 aliphatic rings. The second-order valence-corrected chi connectivity index (χ2v) is 15.6. The number of aromatic nitrogens is 4. The molecule has 27 nitrogen and oxygen atoms in total.